The van der Waals surface area contributed by atoms with Gasteiger partial charge in [-0.25, -0.2) is 4.39 Å². The quantitative estimate of drug-likeness (QED) is 0.743. The molecule has 140 valence electrons. The highest BCUT2D eigenvalue weighted by Gasteiger charge is 2.25. The lowest BCUT2D eigenvalue weighted by atomic mass is 10.0. The topological polar surface area (TPSA) is 74.1 Å². The predicted molar refractivity (Wildman–Crippen MR) is 105 cm³/mol. The summed E-state index contributed by atoms with van der Waals surface area (Å²) in [5.74, 6) is 0.654. The molecule has 3 N–H and O–H groups in total. The molecule has 1 aromatic carbocycles. The van der Waals surface area contributed by atoms with Crippen molar-refractivity contribution in [2.75, 3.05) is 31.1 Å². The van der Waals surface area contributed by atoms with E-state index in [1.807, 2.05) is 19.1 Å². The monoisotopic (exact) mass is 366 g/mol. The Balaban J connectivity index is 1.73. The van der Waals surface area contributed by atoms with E-state index in [1.165, 1.54) is 12.1 Å². The fraction of sp³-hybridized carbons (Fsp3) is 0.300. The van der Waals surface area contributed by atoms with E-state index in [0.717, 1.165) is 54.4 Å². The number of nitrogens with one attached hydrogen (secondary N) is 1. The van der Waals surface area contributed by atoms with E-state index in [0.29, 0.717) is 0 Å². The molecule has 4 rings (SSSR count). The van der Waals surface area contributed by atoms with Gasteiger partial charge in [0.15, 0.2) is 5.82 Å². The van der Waals surface area contributed by atoms with E-state index in [9.17, 15) is 4.39 Å². The number of aromatic nitrogens is 3. The highest BCUT2D eigenvalue weighted by atomic mass is 19.1. The Hall–Kier alpha value is -2.77. The van der Waals surface area contributed by atoms with Crippen LogP contribution in [0.5, 0.6) is 0 Å². The highest BCUT2D eigenvalue weighted by molar-refractivity contribution is 5.89. The van der Waals surface area contributed by atoms with Crippen LogP contribution < -0.4 is 10.6 Å². The predicted octanol–water partition coefficient (Wildman–Crippen LogP) is 2.70. The number of H-pyrrole nitrogens is 1. The summed E-state index contributed by atoms with van der Waals surface area (Å²) < 4.78 is 13.4. The molecule has 7 heteroatoms. The Morgan fingerprint density at radius 3 is 2.30 bits per heavy atom. The van der Waals surface area contributed by atoms with E-state index < -0.39 is 0 Å². The third kappa shape index (κ3) is 3.56. The molecule has 0 amide bonds. The van der Waals surface area contributed by atoms with Crippen molar-refractivity contribution in [3.05, 3.63) is 54.6 Å². The summed E-state index contributed by atoms with van der Waals surface area (Å²) in [4.78, 5) is 8.66. The molecular formula is C20H23FN6. The van der Waals surface area contributed by atoms with Gasteiger partial charge >= 0.3 is 0 Å². The van der Waals surface area contributed by atoms with Crippen molar-refractivity contribution in [1.82, 2.24) is 20.1 Å². The van der Waals surface area contributed by atoms with Gasteiger partial charge in [-0.15, -0.1) is 0 Å². The number of piperazine rings is 1. The maximum absolute atomic E-state index is 13.4. The number of hydrogen-bond donors (Lipinski definition) is 2. The van der Waals surface area contributed by atoms with Crippen molar-refractivity contribution in [2.24, 2.45) is 5.73 Å². The van der Waals surface area contributed by atoms with Gasteiger partial charge in [0.25, 0.3) is 0 Å². The first-order valence-corrected chi connectivity index (χ1v) is 9.13. The largest absolute Gasteiger partial charge is 0.352 e. The first-order valence-electron chi connectivity index (χ1n) is 9.13. The fourth-order valence-electron chi connectivity index (χ4n) is 3.52. The smallest absolute Gasteiger partial charge is 0.159 e. The minimum atomic E-state index is -0.254. The third-order valence-corrected chi connectivity index (χ3v) is 5.04. The molecule has 0 saturated carbocycles. The standard InChI is InChI=1S/C20H23FN6/c1-14(22)26-10-12-27(13-11-26)20-18(15-6-8-23-9-7-15)19(24-25-20)16-2-4-17(21)5-3-16/h2-9,14H,10-13,22H2,1H3,(H,24,25). The lowest BCUT2D eigenvalue weighted by molar-refractivity contribution is 0.201. The van der Waals surface area contributed by atoms with Crippen LogP contribution >= 0.6 is 0 Å². The zero-order valence-electron chi connectivity index (χ0n) is 15.3. The van der Waals surface area contributed by atoms with Crippen LogP contribution in [0.3, 0.4) is 0 Å². The molecule has 1 atom stereocenters. The minimum Gasteiger partial charge on any atom is -0.352 e. The number of nitrogens with zero attached hydrogens (tertiary/aromatic N) is 4. The molecular weight excluding hydrogens is 343 g/mol. The van der Waals surface area contributed by atoms with Gasteiger partial charge in [0.2, 0.25) is 0 Å². The second-order valence-electron chi connectivity index (χ2n) is 6.80. The van der Waals surface area contributed by atoms with Gasteiger partial charge < -0.3 is 10.6 Å². The SMILES string of the molecule is CC(N)N1CCN(c2n[nH]c(-c3ccc(F)cc3)c2-c2ccncc2)CC1. The molecule has 2 aromatic heterocycles. The van der Waals surface area contributed by atoms with Gasteiger partial charge in [0.1, 0.15) is 5.82 Å². The average Bonchev–Trinajstić information content (AvgIpc) is 3.14. The van der Waals surface area contributed by atoms with Crippen molar-refractivity contribution in [1.29, 1.82) is 0 Å². The average molecular weight is 366 g/mol. The maximum atomic E-state index is 13.4. The zero-order valence-corrected chi connectivity index (χ0v) is 15.3. The number of benzene rings is 1. The molecule has 1 saturated heterocycles. The molecule has 6 nitrogen and oxygen atoms in total. The van der Waals surface area contributed by atoms with Crippen LogP contribution in [0.4, 0.5) is 10.2 Å². The molecule has 0 aliphatic carbocycles. The molecule has 3 heterocycles. The summed E-state index contributed by atoms with van der Waals surface area (Å²) >= 11 is 0. The molecule has 1 aliphatic heterocycles. The van der Waals surface area contributed by atoms with Crippen molar-refractivity contribution in [3.8, 4) is 22.4 Å². The lowest BCUT2D eigenvalue weighted by Gasteiger charge is -2.37. The van der Waals surface area contributed by atoms with Crippen LogP contribution in [0.25, 0.3) is 22.4 Å². The summed E-state index contributed by atoms with van der Waals surface area (Å²) in [6.45, 7) is 5.51. The molecule has 0 bridgehead atoms. The van der Waals surface area contributed by atoms with Crippen molar-refractivity contribution < 1.29 is 4.39 Å². The summed E-state index contributed by atoms with van der Waals surface area (Å²) in [5.41, 5.74) is 9.83. The number of rotatable bonds is 4. The summed E-state index contributed by atoms with van der Waals surface area (Å²) in [6.07, 6.45) is 3.60. The number of nitrogens with two attached hydrogens (primary N) is 1. The zero-order chi connectivity index (χ0) is 18.8. The van der Waals surface area contributed by atoms with Crippen molar-refractivity contribution in [3.63, 3.8) is 0 Å². The number of anilines is 1. The molecule has 1 unspecified atom stereocenters. The first-order chi connectivity index (χ1) is 13.1. The van der Waals surface area contributed by atoms with Gasteiger partial charge in [-0.2, -0.15) is 5.10 Å². The summed E-state index contributed by atoms with van der Waals surface area (Å²) in [6, 6.07) is 10.4. The molecule has 27 heavy (non-hydrogen) atoms. The van der Waals surface area contributed by atoms with Crippen LogP contribution in [-0.4, -0.2) is 52.4 Å². The number of hydrogen-bond acceptors (Lipinski definition) is 5. The summed E-state index contributed by atoms with van der Waals surface area (Å²) in [5, 5.41) is 7.79. The fourth-order valence-corrected chi connectivity index (χ4v) is 3.52. The van der Waals surface area contributed by atoms with E-state index in [2.05, 4.69) is 25.0 Å². The number of halogens is 1. The van der Waals surface area contributed by atoms with Gasteiger partial charge in [-0.3, -0.25) is 15.0 Å². The van der Waals surface area contributed by atoms with E-state index in [4.69, 9.17) is 5.73 Å². The van der Waals surface area contributed by atoms with E-state index in [1.54, 1.807) is 24.5 Å². The first kappa shape index (κ1) is 17.6. The summed E-state index contributed by atoms with van der Waals surface area (Å²) in [7, 11) is 0. The molecule has 0 radical (unpaired) electrons. The second-order valence-corrected chi connectivity index (χ2v) is 6.80. The van der Waals surface area contributed by atoms with Gasteiger partial charge in [0, 0.05) is 44.1 Å². The van der Waals surface area contributed by atoms with E-state index in [-0.39, 0.29) is 12.0 Å². The van der Waals surface area contributed by atoms with Crippen LogP contribution in [0, 0.1) is 5.82 Å². The van der Waals surface area contributed by atoms with Gasteiger partial charge in [0.05, 0.1) is 17.4 Å². The van der Waals surface area contributed by atoms with Crippen molar-refractivity contribution in [2.45, 2.75) is 13.1 Å². The lowest BCUT2D eigenvalue weighted by Crippen LogP contribution is -2.52. The number of pyridine rings is 1. The Morgan fingerprint density at radius 1 is 1.00 bits per heavy atom. The Kier molecular flexibility index (Phi) is 4.87. The van der Waals surface area contributed by atoms with Crippen LogP contribution in [0.2, 0.25) is 0 Å². The van der Waals surface area contributed by atoms with Crippen LogP contribution in [-0.2, 0) is 0 Å². The van der Waals surface area contributed by atoms with Crippen LogP contribution in [0.15, 0.2) is 48.8 Å². The molecule has 1 fully saturated rings. The third-order valence-electron chi connectivity index (χ3n) is 5.04. The Labute approximate surface area is 157 Å². The Morgan fingerprint density at radius 2 is 1.67 bits per heavy atom. The van der Waals surface area contributed by atoms with Gasteiger partial charge in [-0.05, 0) is 48.9 Å². The van der Waals surface area contributed by atoms with Crippen molar-refractivity contribution >= 4 is 5.82 Å². The maximum Gasteiger partial charge on any atom is 0.159 e. The van der Waals surface area contributed by atoms with Crippen LogP contribution in [0.1, 0.15) is 6.92 Å². The highest BCUT2D eigenvalue weighted by Crippen LogP contribution is 2.38. The second kappa shape index (κ2) is 7.46. The number of aromatic amines is 1. The van der Waals surface area contributed by atoms with E-state index >= 15 is 0 Å². The molecule has 1 aliphatic rings. The molecule has 0 spiro atoms. The van der Waals surface area contributed by atoms with Gasteiger partial charge in [-0.1, -0.05) is 0 Å². The minimum absolute atomic E-state index is 0.0563. The Bertz CT molecular complexity index is 883. The normalized spacial score (nSPS) is 16.5. The molecule has 3 aromatic rings.